The maximum atomic E-state index is 8.95. The molecule has 1 N–H and O–H groups in total. The molecule has 6 heteroatoms. The second-order valence-corrected chi connectivity index (χ2v) is 3.21. The van der Waals surface area contributed by atoms with E-state index in [4.69, 9.17) is 24.6 Å². The summed E-state index contributed by atoms with van der Waals surface area (Å²) in [7, 11) is -0.137. The number of alkyl halides is 1. The van der Waals surface area contributed by atoms with Crippen LogP contribution in [0.2, 0.25) is 0 Å². The first-order valence-corrected chi connectivity index (χ1v) is 4.45. The van der Waals surface area contributed by atoms with Crippen LogP contribution < -0.4 is 0 Å². The second kappa shape index (κ2) is 5.62. The van der Waals surface area contributed by atoms with Gasteiger partial charge in [0.05, 0.1) is 0 Å². The van der Waals surface area contributed by atoms with Crippen LogP contribution in [0.15, 0.2) is 0 Å². The Morgan fingerprint density at radius 3 is 1.62 bits per heavy atom. The summed E-state index contributed by atoms with van der Waals surface area (Å²) in [5, 5.41) is 0. The van der Waals surface area contributed by atoms with Crippen LogP contribution in [-0.2, 0) is 9.33 Å². The van der Waals surface area contributed by atoms with Crippen molar-refractivity contribution in [3.8, 4) is 0 Å². The van der Waals surface area contributed by atoms with Crippen molar-refractivity contribution in [1.29, 1.82) is 0 Å². The van der Waals surface area contributed by atoms with Crippen LogP contribution in [-0.4, -0.2) is 18.9 Å². The Hall–Kier alpha value is 0.490. The molecule has 0 aliphatic carbocycles. The van der Waals surface area contributed by atoms with Crippen molar-refractivity contribution in [3.05, 3.63) is 0 Å². The highest BCUT2D eigenvalue weighted by Gasteiger charge is 1.86. The van der Waals surface area contributed by atoms with E-state index in [-0.39, 0.29) is 0 Å². The minimum atomic E-state index is -4.19. The first-order valence-electron chi connectivity index (χ1n) is 1.64. The molecule has 0 aliphatic heterocycles. The highest BCUT2D eigenvalue weighted by Crippen LogP contribution is 1.82. The van der Waals surface area contributed by atoms with Gasteiger partial charge in [-0.25, -0.2) is 0 Å². The Morgan fingerprint density at radius 2 is 1.62 bits per heavy atom. The molecule has 0 aromatic carbocycles. The first-order chi connectivity index (χ1) is 3.41. The molecule has 8 heavy (non-hydrogen) atoms. The third-order valence-corrected chi connectivity index (χ3v) is 0. The molecule has 0 atom stereocenters. The smallest absolute Gasteiger partial charge is 0.273 e. The molecular weight excluding hydrogens is 175 g/mol. The van der Waals surface area contributed by atoms with Crippen LogP contribution in [0.5, 0.6) is 0 Å². The van der Waals surface area contributed by atoms with E-state index in [0.717, 1.165) is 5.88 Å². The topological polar surface area (TPSA) is 54.4 Å². The second-order valence-electron chi connectivity index (χ2n) is 0.679. The van der Waals surface area contributed by atoms with Crippen LogP contribution in [0.4, 0.5) is 0 Å². The van der Waals surface area contributed by atoms with E-state index in [1.54, 1.807) is 0 Å². The van der Waals surface area contributed by atoms with Crippen molar-refractivity contribution in [3.63, 3.8) is 0 Å². The van der Waals surface area contributed by atoms with Gasteiger partial charge in [0.1, 0.15) is 0 Å². The molecule has 0 amide bonds. The largest absolute Gasteiger partial charge is 0.353 e. The summed E-state index contributed by atoms with van der Waals surface area (Å²) in [6.45, 7) is 1.89. The van der Waals surface area contributed by atoms with E-state index in [1.807, 2.05) is 6.92 Å². The van der Waals surface area contributed by atoms with Crippen molar-refractivity contribution in [1.82, 2.24) is 0 Å². The van der Waals surface area contributed by atoms with Crippen molar-refractivity contribution >= 4 is 31.6 Å². The Balaban J connectivity index is 0. The Labute approximate surface area is 57.8 Å². The van der Waals surface area contributed by atoms with E-state index < -0.39 is 9.33 Å². The lowest BCUT2D eigenvalue weighted by Gasteiger charge is -1.65. The third kappa shape index (κ3) is 815. The van der Waals surface area contributed by atoms with Crippen molar-refractivity contribution in [2.24, 2.45) is 0 Å². The predicted molar refractivity (Wildman–Crippen MR) is 33.8 cm³/mol. The molecule has 0 rings (SSSR count). The van der Waals surface area contributed by atoms with Crippen LogP contribution >= 0.6 is 22.3 Å². The fourth-order valence-corrected chi connectivity index (χ4v) is 0. The maximum absolute atomic E-state index is 8.95. The molecule has 0 bridgehead atoms. The lowest BCUT2D eigenvalue weighted by atomic mass is 11.0. The van der Waals surface area contributed by atoms with E-state index in [0.29, 0.717) is 0 Å². The molecule has 0 heterocycles. The molecule has 52 valence electrons. The lowest BCUT2D eigenvalue weighted by molar-refractivity contribution is 0.501. The number of hydrogen-bond donors (Lipinski definition) is 1. The van der Waals surface area contributed by atoms with Crippen molar-refractivity contribution < 1.29 is 13.0 Å². The van der Waals surface area contributed by atoms with Crippen molar-refractivity contribution in [2.75, 3.05) is 5.88 Å². The average molecular weight is 181 g/mol. The molecule has 0 radical (unpaired) electrons. The highest BCUT2D eigenvalue weighted by atomic mass is 35.7. The zero-order valence-corrected chi connectivity index (χ0v) is 6.46. The molecule has 0 aromatic rings. The van der Waals surface area contributed by atoms with Crippen LogP contribution in [0.3, 0.4) is 0 Å². The molecule has 0 aliphatic rings. The normalized spacial score (nSPS) is 9.50. The molecule has 0 saturated heterocycles. The number of hydrogen-bond acceptors (Lipinski definition) is 2. The summed E-state index contributed by atoms with van der Waals surface area (Å²) in [5.74, 6) is 0.722. The minimum absolute atomic E-state index is 0.722. The van der Waals surface area contributed by atoms with Gasteiger partial charge in [-0.05, 0) is 0 Å². The molecule has 3 nitrogen and oxygen atoms in total. The summed E-state index contributed by atoms with van der Waals surface area (Å²) in [4.78, 5) is 0. The quantitative estimate of drug-likeness (QED) is 0.347. The van der Waals surface area contributed by atoms with Gasteiger partial charge in [0, 0.05) is 16.6 Å². The fourth-order valence-electron chi connectivity index (χ4n) is 0. The van der Waals surface area contributed by atoms with Gasteiger partial charge >= 0.3 is 9.33 Å². The third-order valence-electron chi connectivity index (χ3n) is 0. The summed E-state index contributed by atoms with van der Waals surface area (Å²) in [6, 6.07) is 0. The molecule has 0 aromatic heterocycles. The maximum Gasteiger partial charge on any atom is 0.353 e. The van der Waals surface area contributed by atoms with Gasteiger partial charge in [0.25, 0.3) is 0 Å². The van der Waals surface area contributed by atoms with E-state index >= 15 is 0 Å². The standard InChI is InChI=1S/C2H5Cl.ClHO3S/c1-2-3;1-5(2,3)4/h2H2,1H3;(H,2,3,4). The molecule has 0 fully saturated rings. The van der Waals surface area contributed by atoms with E-state index in [2.05, 4.69) is 10.7 Å². The van der Waals surface area contributed by atoms with Gasteiger partial charge in [-0.15, -0.1) is 11.6 Å². The average Bonchev–Trinajstić information content (AvgIpc) is 1.27. The van der Waals surface area contributed by atoms with Gasteiger partial charge in [-0.2, -0.15) is 8.42 Å². The minimum Gasteiger partial charge on any atom is -0.273 e. The summed E-state index contributed by atoms with van der Waals surface area (Å²) in [6.07, 6.45) is 0. The van der Waals surface area contributed by atoms with Crippen molar-refractivity contribution in [2.45, 2.75) is 6.92 Å². The van der Waals surface area contributed by atoms with Crippen LogP contribution in [0.25, 0.3) is 0 Å². The molecule has 0 unspecified atom stereocenters. The monoisotopic (exact) mass is 180 g/mol. The highest BCUT2D eigenvalue weighted by molar-refractivity contribution is 8.09. The van der Waals surface area contributed by atoms with Gasteiger partial charge in [0.2, 0.25) is 0 Å². The van der Waals surface area contributed by atoms with Gasteiger partial charge in [-0.3, -0.25) is 4.55 Å². The van der Waals surface area contributed by atoms with Gasteiger partial charge < -0.3 is 0 Å². The molecule has 0 spiro atoms. The van der Waals surface area contributed by atoms with Crippen LogP contribution in [0.1, 0.15) is 6.92 Å². The number of halogens is 2. The van der Waals surface area contributed by atoms with E-state index in [9.17, 15) is 0 Å². The lowest BCUT2D eigenvalue weighted by Crippen LogP contribution is -1.77. The zero-order chi connectivity index (χ0) is 7.21. The van der Waals surface area contributed by atoms with Crippen LogP contribution in [0, 0.1) is 0 Å². The van der Waals surface area contributed by atoms with Gasteiger partial charge in [-0.1, -0.05) is 6.92 Å². The molecule has 0 saturated carbocycles. The Bertz CT molecular complexity index is 109. The SMILES string of the molecule is CCCl.O=S(=O)(O)Cl. The summed E-state index contributed by atoms with van der Waals surface area (Å²) in [5.41, 5.74) is 0. The first kappa shape index (κ1) is 11.3. The van der Waals surface area contributed by atoms with Gasteiger partial charge in [0.15, 0.2) is 0 Å². The summed E-state index contributed by atoms with van der Waals surface area (Å²) < 4.78 is 25.2. The Kier molecular flexibility index (Phi) is 7.95. The van der Waals surface area contributed by atoms with E-state index in [1.165, 1.54) is 0 Å². The molecular formula is C2H6Cl2O3S. The summed E-state index contributed by atoms with van der Waals surface area (Å²) >= 11 is 5.00. The fraction of sp³-hybridized carbons (Fsp3) is 1.00. The predicted octanol–water partition coefficient (Wildman–Crippen LogP) is 1.27. The zero-order valence-electron chi connectivity index (χ0n) is 4.13. The number of rotatable bonds is 0. The Morgan fingerprint density at radius 1 is 1.62 bits per heavy atom.